The monoisotopic (exact) mass is 162 g/mol. The fraction of sp³-hybridized carbons (Fsp3) is 0.833. The molecule has 0 aromatic rings. The van der Waals surface area contributed by atoms with Gasteiger partial charge in [0.25, 0.3) is 0 Å². The lowest BCUT2D eigenvalue weighted by Crippen LogP contribution is -1.90. The van der Waals surface area contributed by atoms with Crippen LogP contribution in [0.1, 0.15) is 12.8 Å². The Kier molecular flexibility index (Phi) is 3.51. The zero-order valence-electron chi connectivity index (χ0n) is 5.21. The minimum Gasteiger partial charge on any atom is -0.303 e. The van der Waals surface area contributed by atoms with Crippen LogP contribution in [0.2, 0.25) is 0 Å². The molecule has 3 heteroatoms. The summed E-state index contributed by atoms with van der Waals surface area (Å²) in [6.45, 7) is 0. The average molecular weight is 162 g/mol. The molecule has 1 aliphatic rings. The Morgan fingerprint density at radius 1 is 1.44 bits per heavy atom. The highest BCUT2D eigenvalue weighted by Gasteiger charge is 2.14. The van der Waals surface area contributed by atoms with Crippen LogP contribution in [0.5, 0.6) is 0 Å². The van der Waals surface area contributed by atoms with Gasteiger partial charge in [-0.05, 0) is 6.42 Å². The maximum atomic E-state index is 9.94. The third-order valence-electron chi connectivity index (χ3n) is 1.21. The molecule has 1 rings (SSSR count). The number of aldehydes is 1. The third-order valence-corrected chi connectivity index (χ3v) is 4.38. The van der Waals surface area contributed by atoms with Crippen LogP contribution in [-0.2, 0) is 4.79 Å². The van der Waals surface area contributed by atoms with Crippen molar-refractivity contribution in [1.29, 1.82) is 0 Å². The lowest BCUT2D eigenvalue weighted by Gasteiger charge is -2.01. The van der Waals surface area contributed by atoms with E-state index in [1.54, 1.807) is 0 Å². The van der Waals surface area contributed by atoms with Crippen molar-refractivity contribution in [2.75, 3.05) is 11.5 Å². The Labute approximate surface area is 64.0 Å². The summed E-state index contributed by atoms with van der Waals surface area (Å²) >= 11 is 3.97. The smallest absolute Gasteiger partial charge is 0.120 e. The lowest BCUT2D eigenvalue weighted by atomic mass is 10.4. The van der Waals surface area contributed by atoms with E-state index in [0.29, 0.717) is 0 Å². The summed E-state index contributed by atoms with van der Waals surface area (Å²) < 4.78 is 0.718. The Hall–Kier alpha value is 0.370. The highest BCUT2D eigenvalue weighted by Crippen LogP contribution is 2.34. The summed E-state index contributed by atoms with van der Waals surface area (Å²) in [5.41, 5.74) is 0. The number of carbonyl (C=O) groups excluding carboxylic acids is 1. The van der Waals surface area contributed by atoms with E-state index in [1.807, 2.05) is 23.5 Å². The molecule has 0 aliphatic carbocycles. The molecule has 52 valence electrons. The molecule has 1 fully saturated rings. The summed E-state index contributed by atoms with van der Waals surface area (Å²) in [6, 6.07) is 0. The molecule has 1 aliphatic heterocycles. The number of carbonyl (C=O) groups is 1. The van der Waals surface area contributed by atoms with Gasteiger partial charge in [0.05, 0.1) is 4.58 Å². The molecule has 1 heterocycles. The van der Waals surface area contributed by atoms with Gasteiger partial charge in [-0.25, -0.2) is 0 Å². The maximum Gasteiger partial charge on any atom is 0.120 e. The van der Waals surface area contributed by atoms with Gasteiger partial charge in [0.2, 0.25) is 0 Å². The quantitative estimate of drug-likeness (QED) is 0.589. The molecule has 1 nitrogen and oxygen atoms in total. The molecule has 1 saturated heterocycles. The molecule has 0 saturated carbocycles. The molecule has 0 atom stereocenters. The molecular weight excluding hydrogens is 152 g/mol. The molecule has 0 bridgehead atoms. The Morgan fingerprint density at radius 3 is 2.67 bits per heavy atom. The first-order chi connectivity index (χ1) is 4.43. The normalized spacial score (nSPS) is 20.4. The maximum absolute atomic E-state index is 9.94. The van der Waals surface area contributed by atoms with Crippen molar-refractivity contribution < 1.29 is 4.79 Å². The highest BCUT2D eigenvalue weighted by molar-refractivity contribution is 8.20. The standard InChI is InChI=1S/C6H10OS2/c7-3-1-2-6-8-4-5-9-6/h3,6H,1-2,4-5H2. The number of thioether (sulfide) groups is 2. The minimum atomic E-state index is 0.718. The predicted molar refractivity (Wildman–Crippen MR) is 44.0 cm³/mol. The van der Waals surface area contributed by atoms with E-state index in [9.17, 15) is 4.79 Å². The van der Waals surface area contributed by atoms with Gasteiger partial charge in [0.1, 0.15) is 6.29 Å². The third kappa shape index (κ3) is 2.63. The first kappa shape index (κ1) is 7.48. The zero-order chi connectivity index (χ0) is 6.53. The van der Waals surface area contributed by atoms with Gasteiger partial charge in [0.15, 0.2) is 0 Å². The van der Waals surface area contributed by atoms with E-state index in [4.69, 9.17) is 0 Å². The van der Waals surface area contributed by atoms with Crippen molar-refractivity contribution in [3.8, 4) is 0 Å². The van der Waals surface area contributed by atoms with Crippen LogP contribution >= 0.6 is 23.5 Å². The van der Waals surface area contributed by atoms with Crippen molar-refractivity contribution in [2.45, 2.75) is 17.4 Å². The molecule has 0 aromatic carbocycles. The summed E-state index contributed by atoms with van der Waals surface area (Å²) in [5.74, 6) is 2.54. The van der Waals surface area contributed by atoms with Crippen LogP contribution in [-0.4, -0.2) is 22.4 Å². The average Bonchev–Trinajstić information content (AvgIpc) is 2.34. The van der Waals surface area contributed by atoms with Crippen molar-refractivity contribution in [3.63, 3.8) is 0 Å². The topological polar surface area (TPSA) is 17.1 Å². The molecule has 9 heavy (non-hydrogen) atoms. The first-order valence-electron chi connectivity index (χ1n) is 3.10. The van der Waals surface area contributed by atoms with Crippen LogP contribution in [0.3, 0.4) is 0 Å². The number of hydrogen-bond acceptors (Lipinski definition) is 3. The Bertz CT molecular complexity index is 89.1. The molecule has 0 aromatic heterocycles. The second-order valence-electron chi connectivity index (χ2n) is 1.92. The minimum absolute atomic E-state index is 0.718. The van der Waals surface area contributed by atoms with E-state index in [-0.39, 0.29) is 0 Å². The van der Waals surface area contributed by atoms with E-state index in [1.165, 1.54) is 11.5 Å². The molecule has 0 spiro atoms. The number of hydrogen-bond donors (Lipinski definition) is 0. The van der Waals surface area contributed by atoms with Gasteiger partial charge in [-0.1, -0.05) is 0 Å². The van der Waals surface area contributed by atoms with E-state index in [2.05, 4.69) is 0 Å². The molecule has 0 unspecified atom stereocenters. The van der Waals surface area contributed by atoms with Crippen molar-refractivity contribution in [1.82, 2.24) is 0 Å². The summed E-state index contributed by atoms with van der Waals surface area (Å²) in [6.07, 6.45) is 2.82. The van der Waals surface area contributed by atoms with E-state index >= 15 is 0 Å². The summed E-state index contributed by atoms with van der Waals surface area (Å²) in [7, 11) is 0. The van der Waals surface area contributed by atoms with Crippen LogP contribution in [0, 0.1) is 0 Å². The SMILES string of the molecule is O=CCCC1SCCS1. The van der Waals surface area contributed by atoms with Gasteiger partial charge >= 0.3 is 0 Å². The fourth-order valence-electron chi connectivity index (χ4n) is 0.778. The summed E-state index contributed by atoms with van der Waals surface area (Å²) in [4.78, 5) is 9.94. The Balaban J connectivity index is 2.04. The Morgan fingerprint density at radius 2 is 2.11 bits per heavy atom. The molecule has 0 N–H and O–H groups in total. The van der Waals surface area contributed by atoms with E-state index in [0.717, 1.165) is 23.7 Å². The van der Waals surface area contributed by atoms with Crippen molar-refractivity contribution >= 4 is 29.8 Å². The van der Waals surface area contributed by atoms with Crippen LogP contribution < -0.4 is 0 Å². The van der Waals surface area contributed by atoms with Crippen molar-refractivity contribution in [2.24, 2.45) is 0 Å². The zero-order valence-corrected chi connectivity index (χ0v) is 6.84. The van der Waals surface area contributed by atoms with Crippen molar-refractivity contribution in [3.05, 3.63) is 0 Å². The van der Waals surface area contributed by atoms with Gasteiger partial charge in [-0.15, -0.1) is 23.5 Å². The van der Waals surface area contributed by atoms with Crippen LogP contribution in [0.4, 0.5) is 0 Å². The predicted octanol–water partition coefficient (Wildman–Crippen LogP) is 1.77. The first-order valence-corrected chi connectivity index (χ1v) is 5.20. The second kappa shape index (κ2) is 4.23. The highest BCUT2D eigenvalue weighted by atomic mass is 32.2. The van der Waals surface area contributed by atoms with Crippen LogP contribution in [0.25, 0.3) is 0 Å². The molecule has 0 radical (unpaired) electrons. The number of rotatable bonds is 3. The van der Waals surface area contributed by atoms with E-state index < -0.39 is 0 Å². The van der Waals surface area contributed by atoms with Crippen LogP contribution in [0.15, 0.2) is 0 Å². The second-order valence-corrected chi connectivity index (χ2v) is 4.83. The largest absolute Gasteiger partial charge is 0.303 e. The van der Waals surface area contributed by atoms with Gasteiger partial charge in [0, 0.05) is 17.9 Å². The fourth-order valence-corrected chi connectivity index (χ4v) is 3.64. The molecule has 0 amide bonds. The van der Waals surface area contributed by atoms with Gasteiger partial charge in [-0.2, -0.15) is 0 Å². The molecular formula is C6H10OS2. The summed E-state index contributed by atoms with van der Waals surface area (Å²) in [5, 5.41) is 0. The lowest BCUT2D eigenvalue weighted by molar-refractivity contribution is -0.107. The van der Waals surface area contributed by atoms with Gasteiger partial charge < -0.3 is 4.79 Å². The van der Waals surface area contributed by atoms with Gasteiger partial charge in [-0.3, -0.25) is 0 Å².